The fourth-order valence-electron chi connectivity index (χ4n) is 3.27. The van der Waals surface area contributed by atoms with Crippen LogP contribution in [0.1, 0.15) is 29.2 Å². The summed E-state index contributed by atoms with van der Waals surface area (Å²) in [4.78, 5) is 27.4. The first-order valence-electron chi connectivity index (χ1n) is 8.00. The highest BCUT2D eigenvalue weighted by molar-refractivity contribution is 6.06. The molecule has 0 saturated heterocycles. The van der Waals surface area contributed by atoms with E-state index < -0.39 is 0 Å². The van der Waals surface area contributed by atoms with Gasteiger partial charge in [-0.1, -0.05) is 36.4 Å². The maximum Gasteiger partial charge on any atom is 0.270 e. The first-order valence-corrected chi connectivity index (χ1v) is 8.00. The summed E-state index contributed by atoms with van der Waals surface area (Å²) in [5, 5.41) is 4.54. The molecule has 0 spiro atoms. The number of carbonyl (C=O) groups is 2. The van der Waals surface area contributed by atoms with Gasteiger partial charge in [-0.3, -0.25) is 9.59 Å². The number of aryl methyl sites for hydroxylation is 1. The van der Waals surface area contributed by atoms with Crippen LogP contribution >= 0.6 is 0 Å². The number of nitrogens with zero attached hydrogens (tertiary/aromatic N) is 1. The Morgan fingerprint density at radius 3 is 3.00 bits per heavy atom. The third-order valence-corrected chi connectivity index (χ3v) is 4.44. The minimum Gasteiger partial charge on any atom is -0.346 e. The maximum atomic E-state index is 12.2. The fraction of sp³-hybridized carbons (Fsp3) is 0.150. The molecule has 1 atom stereocenters. The standard InChI is InChI=1S/C20H16N2O2/c23-19(21-17-9-8-14-3-1-2-4-16(14)17)10-6-13-5-7-15-12-20(24)22-18(15)11-13/h1-7,10-12,17H,8-9H2,(H,21,23)/b10-6+. The second-order valence-electron chi connectivity index (χ2n) is 6.04. The van der Waals surface area contributed by atoms with E-state index >= 15 is 0 Å². The summed E-state index contributed by atoms with van der Waals surface area (Å²) in [5.41, 5.74) is 3.38. The summed E-state index contributed by atoms with van der Waals surface area (Å²) < 4.78 is 0. The van der Waals surface area contributed by atoms with E-state index in [-0.39, 0.29) is 17.9 Å². The van der Waals surface area contributed by atoms with Gasteiger partial charge in [0.15, 0.2) is 0 Å². The summed E-state index contributed by atoms with van der Waals surface area (Å²) in [5.74, 6) is -0.347. The van der Waals surface area contributed by atoms with Gasteiger partial charge in [0.1, 0.15) is 0 Å². The van der Waals surface area contributed by atoms with Crippen molar-refractivity contribution in [1.82, 2.24) is 5.32 Å². The summed E-state index contributed by atoms with van der Waals surface area (Å²) in [6, 6.07) is 13.8. The number of hydrogen-bond acceptors (Lipinski definition) is 2. The highest BCUT2D eigenvalue weighted by Crippen LogP contribution is 2.30. The fourth-order valence-corrected chi connectivity index (χ4v) is 3.27. The highest BCUT2D eigenvalue weighted by atomic mass is 16.2. The van der Waals surface area contributed by atoms with E-state index in [2.05, 4.69) is 22.4 Å². The molecule has 24 heavy (non-hydrogen) atoms. The molecule has 0 bridgehead atoms. The first kappa shape index (κ1) is 14.6. The van der Waals surface area contributed by atoms with E-state index in [1.165, 1.54) is 23.3 Å². The van der Waals surface area contributed by atoms with Crippen LogP contribution in [0.25, 0.3) is 12.2 Å². The molecule has 1 unspecified atom stereocenters. The van der Waals surface area contributed by atoms with Gasteiger partial charge in [0.2, 0.25) is 5.91 Å². The van der Waals surface area contributed by atoms with E-state index in [1.54, 1.807) is 6.08 Å². The molecule has 2 aromatic rings. The summed E-state index contributed by atoms with van der Waals surface area (Å²) in [6.07, 6.45) is 6.72. The Kier molecular flexibility index (Phi) is 3.58. The van der Waals surface area contributed by atoms with Crippen LogP contribution < -0.4 is 15.9 Å². The Hall–Kier alpha value is -3.01. The van der Waals surface area contributed by atoms with Crippen LogP contribution in [0.2, 0.25) is 0 Å². The van der Waals surface area contributed by atoms with Crippen molar-refractivity contribution in [2.75, 3.05) is 0 Å². The number of carbonyl (C=O) groups excluding carboxylic acids is 2. The summed E-state index contributed by atoms with van der Waals surface area (Å²) in [7, 11) is 0. The van der Waals surface area contributed by atoms with Crippen molar-refractivity contribution in [2.24, 2.45) is 4.99 Å². The number of benzene rings is 2. The summed E-state index contributed by atoms with van der Waals surface area (Å²) >= 11 is 0. The lowest BCUT2D eigenvalue weighted by Crippen LogP contribution is -2.25. The molecule has 2 amide bonds. The molecule has 0 radical (unpaired) electrons. The number of rotatable bonds is 3. The van der Waals surface area contributed by atoms with Crippen LogP contribution in [0.3, 0.4) is 0 Å². The molecule has 1 heterocycles. The molecule has 4 heteroatoms. The van der Waals surface area contributed by atoms with Gasteiger partial charge in [0, 0.05) is 17.4 Å². The van der Waals surface area contributed by atoms with Crippen molar-refractivity contribution in [3.05, 3.63) is 75.8 Å². The largest absolute Gasteiger partial charge is 0.346 e. The number of amides is 2. The summed E-state index contributed by atoms with van der Waals surface area (Å²) in [6.45, 7) is 0. The average molecular weight is 316 g/mol. The Labute approximate surface area is 139 Å². The number of nitrogens with one attached hydrogen (secondary N) is 1. The Balaban J connectivity index is 1.47. The van der Waals surface area contributed by atoms with Crippen LogP contribution in [0, 0.1) is 0 Å². The molecule has 0 aromatic heterocycles. The molecular weight excluding hydrogens is 300 g/mol. The van der Waals surface area contributed by atoms with Gasteiger partial charge >= 0.3 is 0 Å². The molecule has 118 valence electrons. The smallest absolute Gasteiger partial charge is 0.270 e. The number of fused-ring (bicyclic) bond motifs is 2. The molecule has 2 aromatic carbocycles. The molecule has 4 nitrogen and oxygen atoms in total. The molecule has 1 aliphatic heterocycles. The van der Waals surface area contributed by atoms with Crippen molar-refractivity contribution in [1.29, 1.82) is 0 Å². The van der Waals surface area contributed by atoms with Crippen LogP contribution in [-0.2, 0) is 16.0 Å². The second-order valence-corrected chi connectivity index (χ2v) is 6.04. The third-order valence-electron chi connectivity index (χ3n) is 4.44. The Bertz CT molecular complexity index is 989. The van der Waals surface area contributed by atoms with Crippen molar-refractivity contribution in [3.8, 4) is 0 Å². The van der Waals surface area contributed by atoms with E-state index in [0.717, 1.165) is 23.6 Å². The van der Waals surface area contributed by atoms with Crippen molar-refractivity contribution >= 4 is 24.0 Å². The zero-order chi connectivity index (χ0) is 16.5. The van der Waals surface area contributed by atoms with E-state index in [9.17, 15) is 9.59 Å². The molecule has 2 aliphatic rings. The lowest BCUT2D eigenvalue weighted by atomic mass is 10.1. The monoisotopic (exact) mass is 316 g/mol. The molecule has 0 fully saturated rings. The highest BCUT2D eigenvalue weighted by Gasteiger charge is 2.22. The van der Waals surface area contributed by atoms with Gasteiger partial charge in [-0.2, -0.15) is 0 Å². The predicted octanol–water partition coefficient (Wildman–Crippen LogP) is 1.44. The van der Waals surface area contributed by atoms with Gasteiger partial charge < -0.3 is 5.32 Å². The minimum atomic E-state index is -0.233. The SMILES string of the molecule is O=C1C=c2ccc(/C=C/C(=O)NC3CCc4ccccc43)cc2=N1. The first-order chi connectivity index (χ1) is 11.7. The van der Waals surface area contributed by atoms with Crippen LogP contribution in [0.5, 0.6) is 0 Å². The van der Waals surface area contributed by atoms with Gasteiger partial charge in [0.05, 0.1) is 11.4 Å². The van der Waals surface area contributed by atoms with Crippen molar-refractivity contribution in [2.45, 2.75) is 18.9 Å². The lowest BCUT2D eigenvalue weighted by Gasteiger charge is -2.12. The third kappa shape index (κ3) is 2.78. The lowest BCUT2D eigenvalue weighted by molar-refractivity contribution is -0.117. The van der Waals surface area contributed by atoms with Gasteiger partial charge in [0.25, 0.3) is 5.91 Å². The predicted molar refractivity (Wildman–Crippen MR) is 91.4 cm³/mol. The Morgan fingerprint density at radius 2 is 2.08 bits per heavy atom. The second kappa shape index (κ2) is 5.89. The molecule has 0 saturated carbocycles. The van der Waals surface area contributed by atoms with Gasteiger partial charge in [-0.15, -0.1) is 0 Å². The zero-order valence-corrected chi connectivity index (χ0v) is 13.0. The average Bonchev–Trinajstić information content (AvgIpc) is 3.15. The van der Waals surface area contributed by atoms with Crippen LogP contribution in [-0.4, -0.2) is 11.8 Å². The quantitative estimate of drug-likeness (QED) is 0.871. The van der Waals surface area contributed by atoms with E-state index in [0.29, 0.717) is 5.36 Å². The molecule has 1 aliphatic carbocycles. The molecular formula is C20H16N2O2. The number of hydrogen-bond donors (Lipinski definition) is 1. The minimum absolute atomic E-state index is 0.0839. The van der Waals surface area contributed by atoms with Crippen molar-refractivity contribution in [3.63, 3.8) is 0 Å². The normalized spacial score (nSPS) is 18.0. The van der Waals surface area contributed by atoms with Gasteiger partial charge in [-0.05, 0) is 41.7 Å². The maximum absolute atomic E-state index is 12.2. The van der Waals surface area contributed by atoms with Crippen LogP contribution in [0.4, 0.5) is 0 Å². The van der Waals surface area contributed by atoms with E-state index in [1.807, 2.05) is 30.3 Å². The Morgan fingerprint density at radius 1 is 1.21 bits per heavy atom. The van der Waals surface area contributed by atoms with Crippen molar-refractivity contribution < 1.29 is 9.59 Å². The molecule has 4 rings (SSSR count). The molecule has 1 N–H and O–H groups in total. The van der Waals surface area contributed by atoms with Gasteiger partial charge in [-0.25, -0.2) is 4.99 Å². The zero-order valence-electron chi connectivity index (χ0n) is 13.0. The van der Waals surface area contributed by atoms with Crippen LogP contribution in [0.15, 0.2) is 53.5 Å². The topological polar surface area (TPSA) is 58.5 Å². The van der Waals surface area contributed by atoms with E-state index in [4.69, 9.17) is 0 Å².